The van der Waals surface area contributed by atoms with Crippen LogP contribution < -0.4 is 0 Å². The molecule has 0 aromatic carbocycles. The molecule has 0 saturated carbocycles. The number of hydrogen-bond donors (Lipinski definition) is 3. The standard InChI is InChI=1S/C35H63NO12/c1-12-26(42-11)30(39)24(8)43-17-44-27-14-28(37)47-23(7)20(4)29(38)22(6)33(41)35(16-45-35)15-18(2)32(21(27)5)48-34-31(40)25(36(9)10)13-19(3)46-34/h18-27,29-32,34,38-40H,12-17H2,1-11H3/t18-,19?,20-,21-,22+,23+,24?,25?,26?,27+,29-,30?,31?,32-,34?,35-/m0/s1. The quantitative estimate of drug-likeness (QED) is 0.165. The van der Waals surface area contributed by atoms with Gasteiger partial charge in [0, 0.05) is 30.9 Å². The maximum Gasteiger partial charge on any atom is 0.308 e. The number of ketones is 1. The van der Waals surface area contributed by atoms with Crippen molar-refractivity contribution in [2.24, 2.45) is 23.7 Å². The molecule has 13 heteroatoms. The van der Waals surface area contributed by atoms with Crippen molar-refractivity contribution in [1.82, 2.24) is 4.90 Å². The predicted octanol–water partition coefficient (Wildman–Crippen LogP) is 2.30. The van der Waals surface area contributed by atoms with Crippen molar-refractivity contribution in [3.63, 3.8) is 0 Å². The summed E-state index contributed by atoms with van der Waals surface area (Å²) < 4.78 is 41.9. The Kier molecular flexibility index (Phi) is 15.3. The van der Waals surface area contributed by atoms with Crippen molar-refractivity contribution in [3.8, 4) is 0 Å². The molecule has 280 valence electrons. The van der Waals surface area contributed by atoms with E-state index in [0.29, 0.717) is 19.3 Å². The van der Waals surface area contributed by atoms with Crippen LogP contribution in [0.3, 0.4) is 0 Å². The van der Waals surface area contributed by atoms with Crippen LogP contribution in [0.1, 0.15) is 81.1 Å². The van der Waals surface area contributed by atoms with Crippen LogP contribution in [0.2, 0.25) is 0 Å². The Bertz CT molecular complexity index is 1020. The zero-order valence-electron chi connectivity index (χ0n) is 30.9. The number of carbonyl (C=O) groups excluding carboxylic acids is 2. The summed E-state index contributed by atoms with van der Waals surface area (Å²) in [4.78, 5) is 29.2. The van der Waals surface area contributed by atoms with E-state index in [1.165, 1.54) is 7.11 Å². The fraction of sp³-hybridized carbons (Fsp3) is 0.943. The molecule has 7 unspecified atom stereocenters. The molecule has 3 N–H and O–H groups in total. The third-order valence-corrected chi connectivity index (χ3v) is 10.9. The number of nitrogens with zero attached hydrogens (tertiary/aromatic N) is 1. The molecule has 48 heavy (non-hydrogen) atoms. The highest BCUT2D eigenvalue weighted by Crippen LogP contribution is 2.42. The fourth-order valence-electron chi connectivity index (χ4n) is 7.29. The molecule has 3 fully saturated rings. The first-order valence-corrected chi connectivity index (χ1v) is 17.6. The van der Waals surface area contributed by atoms with Gasteiger partial charge < -0.3 is 53.4 Å². The van der Waals surface area contributed by atoms with Gasteiger partial charge in [0.25, 0.3) is 0 Å². The number of rotatable bonds is 11. The molecular formula is C35H63NO12. The summed E-state index contributed by atoms with van der Waals surface area (Å²) in [6.07, 6.45) is -5.94. The lowest BCUT2D eigenvalue weighted by molar-refractivity contribution is -0.285. The number of aliphatic hydroxyl groups is 3. The van der Waals surface area contributed by atoms with Gasteiger partial charge in [-0.25, -0.2) is 0 Å². The second-order valence-electron chi connectivity index (χ2n) is 14.8. The third-order valence-electron chi connectivity index (χ3n) is 10.9. The van der Waals surface area contributed by atoms with Crippen molar-refractivity contribution in [2.75, 3.05) is 34.6 Å². The number of ether oxygens (including phenoxy) is 7. The van der Waals surface area contributed by atoms with E-state index >= 15 is 0 Å². The first-order chi connectivity index (χ1) is 22.5. The Balaban J connectivity index is 1.96. The zero-order chi connectivity index (χ0) is 36.1. The molecule has 0 aromatic rings. The minimum Gasteiger partial charge on any atom is -0.462 e. The van der Waals surface area contributed by atoms with E-state index in [-0.39, 0.29) is 43.7 Å². The Labute approximate surface area is 286 Å². The van der Waals surface area contributed by atoms with Crippen molar-refractivity contribution >= 4 is 11.8 Å². The normalized spacial score (nSPS) is 42.2. The van der Waals surface area contributed by atoms with Gasteiger partial charge in [-0.15, -0.1) is 0 Å². The van der Waals surface area contributed by atoms with Crippen LogP contribution in [0.25, 0.3) is 0 Å². The van der Waals surface area contributed by atoms with E-state index in [0.717, 1.165) is 0 Å². The van der Waals surface area contributed by atoms with Gasteiger partial charge in [-0.1, -0.05) is 34.6 Å². The topological polar surface area (TPSA) is 166 Å². The van der Waals surface area contributed by atoms with Crippen LogP contribution in [0, 0.1) is 23.7 Å². The van der Waals surface area contributed by atoms with E-state index in [2.05, 4.69) is 0 Å². The average Bonchev–Trinajstić information content (AvgIpc) is 3.82. The molecule has 0 aromatic heterocycles. The van der Waals surface area contributed by atoms with E-state index < -0.39 is 84.4 Å². The summed E-state index contributed by atoms with van der Waals surface area (Å²) in [5, 5.41) is 33.2. The number of hydrogen-bond acceptors (Lipinski definition) is 13. The molecule has 0 aliphatic carbocycles. The van der Waals surface area contributed by atoms with Crippen LogP contribution in [-0.2, 0) is 42.7 Å². The van der Waals surface area contributed by atoms with Crippen LogP contribution in [0.15, 0.2) is 0 Å². The van der Waals surface area contributed by atoms with Crippen LogP contribution in [0.4, 0.5) is 0 Å². The third kappa shape index (κ3) is 9.95. The minimum absolute atomic E-state index is 0.155. The summed E-state index contributed by atoms with van der Waals surface area (Å²) in [7, 11) is 5.33. The van der Waals surface area contributed by atoms with Gasteiger partial charge in [0.15, 0.2) is 17.7 Å². The van der Waals surface area contributed by atoms with Gasteiger partial charge in [0.1, 0.15) is 25.1 Å². The number of Topliss-reactive ketones (excluding diaryl/α,β-unsaturated/α-hetero) is 1. The molecule has 3 heterocycles. The Morgan fingerprint density at radius 1 is 1.04 bits per heavy atom. The molecule has 3 saturated heterocycles. The summed E-state index contributed by atoms with van der Waals surface area (Å²) in [5.74, 6) is -2.85. The number of esters is 1. The van der Waals surface area contributed by atoms with Gasteiger partial charge in [-0.3, -0.25) is 9.59 Å². The number of methoxy groups -OCH3 is 1. The largest absolute Gasteiger partial charge is 0.462 e. The molecule has 3 aliphatic heterocycles. The highest BCUT2D eigenvalue weighted by Gasteiger charge is 2.56. The molecule has 0 amide bonds. The van der Waals surface area contributed by atoms with Crippen molar-refractivity contribution in [2.45, 2.75) is 154 Å². The smallest absolute Gasteiger partial charge is 0.308 e. The van der Waals surface area contributed by atoms with E-state index in [4.69, 9.17) is 33.2 Å². The summed E-state index contributed by atoms with van der Waals surface area (Å²) in [6, 6.07) is -0.212. The maximum atomic E-state index is 13.8. The first kappa shape index (κ1) is 41.2. The number of carbonyl (C=O) groups is 2. The van der Waals surface area contributed by atoms with Gasteiger partial charge in [0.05, 0.1) is 49.7 Å². The monoisotopic (exact) mass is 689 g/mol. The number of epoxide rings is 1. The van der Waals surface area contributed by atoms with Crippen LogP contribution in [0.5, 0.6) is 0 Å². The zero-order valence-corrected chi connectivity index (χ0v) is 30.9. The lowest BCUT2D eigenvalue weighted by Crippen LogP contribution is -2.56. The van der Waals surface area contributed by atoms with Gasteiger partial charge in [0.2, 0.25) is 0 Å². The number of cyclic esters (lactones) is 1. The summed E-state index contributed by atoms with van der Waals surface area (Å²) in [5.41, 5.74) is -1.08. The van der Waals surface area contributed by atoms with Crippen LogP contribution in [-0.4, -0.2) is 139 Å². The van der Waals surface area contributed by atoms with Gasteiger partial charge in [-0.2, -0.15) is 0 Å². The second-order valence-corrected chi connectivity index (χ2v) is 14.8. The molecule has 3 rings (SSSR count). The highest BCUT2D eigenvalue weighted by molar-refractivity contribution is 5.92. The number of aliphatic hydroxyl groups excluding tert-OH is 3. The molecule has 0 radical (unpaired) electrons. The lowest BCUT2D eigenvalue weighted by Gasteiger charge is -2.44. The molecule has 0 bridgehead atoms. The van der Waals surface area contributed by atoms with E-state index in [9.17, 15) is 24.9 Å². The predicted molar refractivity (Wildman–Crippen MR) is 176 cm³/mol. The van der Waals surface area contributed by atoms with Gasteiger partial charge >= 0.3 is 5.97 Å². The Morgan fingerprint density at radius 2 is 1.69 bits per heavy atom. The molecule has 3 aliphatic rings. The average molecular weight is 690 g/mol. The highest BCUT2D eigenvalue weighted by atomic mass is 16.7. The minimum atomic E-state index is -1.08. The molecular weight excluding hydrogens is 626 g/mol. The van der Waals surface area contributed by atoms with E-state index in [1.807, 2.05) is 46.7 Å². The van der Waals surface area contributed by atoms with E-state index in [1.54, 1.807) is 27.7 Å². The molecule has 13 nitrogen and oxygen atoms in total. The summed E-state index contributed by atoms with van der Waals surface area (Å²) >= 11 is 0. The summed E-state index contributed by atoms with van der Waals surface area (Å²) in [6.45, 7) is 14.5. The van der Waals surface area contributed by atoms with Crippen LogP contribution >= 0.6 is 0 Å². The second kappa shape index (κ2) is 17.8. The molecule has 16 atom stereocenters. The van der Waals surface area contributed by atoms with Crippen molar-refractivity contribution in [1.29, 1.82) is 0 Å². The molecule has 1 spiro atoms. The maximum absolute atomic E-state index is 13.8. The first-order valence-electron chi connectivity index (χ1n) is 17.6. The van der Waals surface area contributed by atoms with Gasteiger partial charge in [-0.05, 0) is 60.0 Å². The van der Waals surface area contributed by atoms with Crippen molar-refractivity contribution in [3.05, 3.63) is 0 Å². The SMILES string of the molecule is CCC(OC)C(O)C(C)OCO[C@@H]1CC(=O)O[C@H](C)[C@H](C)[C@H](O)[C@@H](C)C(=O)[C@@]2(CO2)C[C@H](C)[C@H](OC2OC(C)CC(N(C)C)C2O)[C@H]1C. The Hall–Kier alpha value is -1.26. The van der Waals surface area contributed by atoms with Crippen molar-refractivity contribution < 1.29 is 58.1 Å². The lowest BCUT2D eigenvalue weighted by atomic mass is 9.77. The Morgan fingerprint density at radius 3 is 2.25 bits per heavy atom. The fourth-order valence-corrected chi connectivity index (χ4v) is 7.29. The number of likely N-dealkylation sites (N-methyl/N-ethyl adjacent to an activating group) is 1.